The van der Waals surface area contributed by atoms with Gasteiger partial charge in [0.15, 0.2) is 5.58 Å². The molecule has 9 heteroatoms. The predicted molar refractivity (Wildman–Crippen MR) is 131 cm³/mol. The normalized spacial score (nSPS) is 19.6. The van der Waals surface area contributed by atoms with Crippen LogP contribution in [0.25, 0.3) is 11.0 Å². The lowest BCUT2D eigenvalue weighted by atomic mass is 9.91. The highest BCUT2D eigenvalue weighted by Crippen LogP contribution is 2.33. The Morgan fingerprint density at radius 2 is 2.06 bits per heavy atom. The number of aryl methyl sites for hydroxylation is 1. The predicted octanol–water partition coefficient (Wildman–Crippen LogP) is 4.43. The first-order chi connectivity index (χ1) is 16.5. The van der Waals surface area contributed by atoms with Crippen LogP contribution in [-0.4, -0.2) is 51.4 Å². The zero-order chi connectivity index (χ0) is 23.7. The fraction of sp³-hybridized carbons (Fsp3) is 0.560. The van der Waals surface area contributed by atoms with Gasteiger partial charge in [0.25, 0.3) is 5.56 Å². The number of rotatable bonds is 7. The lowest BCUT2D eigenvalue weighted by Gasteiger charge is -2.31. The maximum atomic E-state index is 13.5. The summed E-state index contributed by atoms with van der Waals surface area (Å²) in [5.41, 5.74) is 3.18. The molecule has 2 aromatic heterocycles. The third-order valence-corrected chi connectivity index (χ3v) is 7.51. The van der Waals surface area contributed by atoms with Crippen LogP contribution in [0, 0.1) is 12.7 Å². The number of nitrogens with zero attached hydrogens (tertiary/aromatic N) is 4. The van der Waals surface area contributed by atoms with Crippen molar-refractivity contribution in [2.24, 2.45) is 0 Å². The minimum Gasteiger partial charge on any atom is -0.360 e. The molecular formula is C25H31FN4O3S. The summed E-state index contributed by atoms with van der Waals surface area (Å²) in [6.07, 6.45) is 6.40. The van der Waals surface area contributed by atoms with Crippen molar-refractivity contribution < 1.29 is 13.7 Å². The van der Waals surface area contributed by atoms with Gasteiger partial charge in [0.05, 0.1) is 11.6 Å². The van der Waals surface area contributed by atoms with Gasteiger partial charge in [-0.1, -0.05) is 5.16 Å². The molecule has 1 saturated heterocycles. The number of hydrogen-bond donors (Lipinski definition) is 0. The largest absolute Gasteiger partial charge is 0.360 e. The minimum absolute atomic E-state index is 0.0928. The van der Waals surface area contributed by atoms with Gasteiger partial charge < -0.3 is 14.2 Å². The van der Waals surface area contributed by atoms with E-state index in [0.717, 1.165) is 73.5 Å². The topological polar surface area (TPSA) is 73.4 Å². The Labute approximate surface area is 202 Å². The van der Waals surface area contributed by atoms with Gasteiger partial charge in [0.1, 0.15) is 17.7 Å². The van der Waals surface area contributed by atoms with Gasteiger partial charge in [-0.15, -0.1) is 11.8 Å². The molecule has 7 nitrogen and oxygen atoms in total. The van der Waals surface area contributed by atoms with Crippen molar-refractivity contribution in [2.75, 3.05) is 31.8 Å². The number of thioether (sulfide) groups is 1. The Morgan fingerprint density at radius 1 is 1.24 bits per heavy atom. The molecule has 5 rings (SSSR count). The molecular weight excluding hydrogens is 455 g/mol. The summed E-state index contributed by atoms with van der Waals surface area (Å²) in [7, 11) is 0. The van der Waals surface area contributed by atoms with Crippen LogP contribution in [0.1, 0.15) is 60.5 Å². The number of likely N-dealkylation sites (tertiary alicyclic amines) is 1. The molecule has 0 bridgehead atoms. The van der Waals surface area contributed by atoms with E-state index in [1.54, 1.807) is 17.8 Å². The van der Waals surface area contributed by atoms with E-state index in [4.69, 9.17) is 14.2 Å². The highest BCUT2D eigenvalue weighted by atomic mass is 32.2. The molecule has 1 fully saturated rings. The second kappa shape index (κ2) is 10.2. The monoisotopic (exact) mass is 486 g/mol. The number of halogens is 1. The summed E-state index contributed by atoms with van der Waals surface area (Å²) >= 11 is 1.64. The Bertz CT molecular complexity index is 1220. The van der Waals surface area contributed by atoms with E-state index in [2.05, 4.69) is 10.1 Å². The Hall–Kier alpha value is -2.23. The highest BCUT2D eigenvalue weighted by Gasteiger charge is 2.27. The third-order valence-electron chi connectivity index (χ3n) is 7.14. The van der Waals surface area contributed by atoms with Crippen LogP contribution < -0.4 is 5.56 Å². The summed E-state index contributed by atoms with van der Waals surface area (Å²) in [5, 5.41) is 5.15. The second-order valence-corrected chi connectivity index (χ2v) is 10.1. The first kappa shape index (κ1) is 23.5. The molecule has 0 radical (unpaired) electrons. The highest BCUT2D eigenvalue weighted by molar-refractivity contribution is 7.98. The molecule has 4 heterocycles. The fourth-order valence-electron chi connectivity index (χ4n) is 5.27. The fourth-order valence-corrected chi connectivity index (χ4v) is 5.57. The molecule has 0 aliphatic carbocycles. The third kappa shape index (κ3) is 4.65. The second-order valence-electron chi connectivity index (χ2n) is 9.27. The Morgan fingerprint density at radius 3 is 2.85 bits per heavy atom. The summed E-state index contributed by atoms with van der Waals surface area (Å²) in [6, 6.07) is 4.62. The molecule has 2 aliphatic heterocycles. The van der Waals surface area contributed by atoms with E-state index >= 15 is 0 Å². The van der Waals surface area contributed by atoms with Gasteiger partial charge in [-0.3, -0.25) is 9.36 Å². The van der Waals surface area contributed by atoms with Crippen molar-refractivity contribution in [3.63, 3.8) is 0 Å². The van der Waals surface area contributed by atoms with Crippen molar-refractivity contribution in [1.82, 2.24) is 19.6 Å². The molecule has 1 atom stereocenters. The van der Waals surface area contributed by atoms with Crippen LogP contribution >= 0.6 is 11.8 Å². The molecule has 0 N–H and O–H groups in total. The zero-order valence-corrected chi connectivity index (χ0v) is 20.6. The zero-order valence-electron chi connectivity index (χ0n) is 19.8. The number of aromatic nitrogens is 3. The quantitative estimate of drug-likeness (QED) is 0.458. The smallest absolute Gasteiger partial charge is 0.257 e. The number of hydrogen-bond acceptors (Lipinski definition) is 7. The first-order valence-electron chi connectivity index (χ1n) is 12.0. The maximum absolute atomic E-state index is 13.5. The summed E-state index contributed by atoms with van der Waals surface area (Å²) in [5.74, 6) is 1.39. The van der Waals surface area contributed by atoms with Gasteiger partial charge >= 0.3 is 0 Å². The van der Waals surface area contributed by atoms with Crippen molar-refractivity contribution >= 4 is 22.7 Å². The Balaban J connectivity index is 1.23. The van der Waals surface area contributed by atoms with Crippen LogP contribution in [-0.2, 0) is 17.7 Å². The van der Waals surface area contributed by atoms with Gasteiger partial charge in [-0.05, 0) is 70.5 Å². The van der Waals surface area contributed by atoms with Crippen LogP contribution in [0.4, 0.5) is 4.39 Å². The van der Waals surface area contributed by atoms with E-state index in [1.807, 2.05) is 17.7 Å². The maximum Gasteiger partial charge on any atom is 0.257 e. The van der Waals surface area contributed by atoms with Gasteiger partial charge in [-0.25, -0.2) is 9.37 Å². The lowest BCUT2D eigenvalue weighted by Crippen LogP contribution is -2.38. The minimum atomic E-state index is -0.309. The number of piperidine rings is 1. The average molecular weight is 487 g/mol. The van der Waals surface area contributed by atoms with Gasteiger partial charge in [0, 0.05) is 41.7 Å². The SMILES string of the molecule is CSCOC1CCCn2c1nc(C)c(CCN1CCC(c3noc4cc(F)ccc34)CC1)c2=O. The molecule has 0 spiro atoms. The van der Waals surface area contributed by atoms with E-state index in [-0.39, 0.29) is 17.5 Å². The van der Waals surface area contributed by atoms with Crippen molar-refractivity contribution in [2.45, 2.75) is 57.6 Å². The number of fused-ring (bicyclic) bond motifs is 2. The molecule has 2 aliphatic rings. The Kier molecular flexibility index (Phi) is 7.04. The van der Waals surface area contributed by atoms with E-state index in [1.165, 1.54) is 12.1 Å². The van der Waals surface area contributed by atoms with Crippen molar-refractivity contribution in [3.05, 3.63) is 57.1 Å². The number of ether oxygens (including phenoxy) is 1. The lowest BCUT2D eigenvalue weighted by molar-refractivity contribution is 0.0585. The first-order valence-corrected chi connectivity index (χ1v) is 13.4. The number of benzene rings is 1. The summed E-state index contributed by atoms with van der Waals surface area (Å²) < 4.78 is 26.6. The molecule has 34 heavy (non-hydrogen) atoms. The van der Waals surface area contributed by atoms with E-state index in [9.17, 15) is 9.18 Å². The molecule has 3 aromatic rings. The van der Waals surface area contributed by atoms with Crippen LogP contribution in [0.3, 0.4) is 0 Å². The molecule has 1 aromatic carbocycles. The molecule has 0 saturated carbocycles. The summed E-state index contributed by atoms with van der Waals surface area (Å²) in [4.78, 5) is 20.5. The van der Waals surface area contributed by atoms with E-state index < -0.39 is 0 Å². The average Bonchev–Trinajstić information content (AvgIpc) is 3.26. The van der Waals surface area contributed by atoms with Gasteiger partial charge in [-0.2, -0.15) is 0 Å². The molecule has 1 unspecified atom stereocenters. The van der Waals surface area contributed by atoms with Crippen molar-refractivity contribution in [1.29, 1.82) is 0 Å². The van der Waals surface area contributed by atoms with Gasteiger partial charge in [0.2, 0.25) is 0 Å². The van der Waals surface area contributed by atoms with E-state index in [0.29, 0.717) is 30.4 Å². The van der Waals surface area contributed by atoms with Crippen LogP contribution in [0.5, 0.6) is 0 Å². The molecule has 0 amide bonds. The molecule has 182 valence electrons. The van der Waals surface area contributed by atoms with Crippen LogP contribution in [0.15, 0.2) is 27.5 Å². The summed E-state index contributed by atoms with van der Waals surface area (Å²) in [6.45, 7) is 5.37. The van der Waals surface area contributed by atoms with Crippen molar-refractivity contribution in [3.8, 4) is 0 Å². The van der Waals surface area contributed by atoms with Crippen LogP contribution in [0.2, 0.25) is 0 Å². The standard InChI is InChI=1S/C25H31FN4O3S/c1-16-19(25(31)30-10-3-4-21(24(30)27-16)32-15-34-2)9-13-29-11-7-17(8-12-29)23-20-6-5-18(26)14-22(20)33-28-23/h5-6,14,17,21H,3-4,7-13,15H2,1-2H3.